The van der Waals surface area contributed by atoms with E-state index in [1.54, 1.807) is 24.3 Å². The molecule has 0 radical (unpaired) electrons. The molecule has 3 rings (SSSR count). The highest BCUT2D eigenvalue weighted by Crippen LogP contribution is 2.44. The lowest BCUT2D eigenvalue weighted by Gasteiger charge is -2.22. The first-order valence-electron chi connectivity index (χ1n) is 8.10. The number of Topliss-reactive ketones (excluding diaryl/α,β-unsaturated/α-hetero) is 1. The summed E-state index contributed by atoms with van der Waals surface area (Å²) in [5.74, 6) is -0.919. The Hall–Kier alpha value is -1.40. The van der Waals surface area contributed by atoms with Crippen LogP contribution in [0.1, 0.15) is 35.7 Å². The van der Waals surface area contributed by atoms with Gasteiger partial charge in [0.15, 0.2) is 11.4 Å². The zero-order valence-corrected chi connectivity index (χ0v) is 17.0. The Labute approximate surface area is 169 Å². The predicted octanol–water partition coefficient (Wildman–Crippen LogP) is 4.97. The molecule has 0 saturated heterocycles. The predicted molar refractivity (Wildman–Crippen MR) is 106 cm³/mol. The van der Waals surface area contributed by atoms with Crippen molar-refractivity contribution in [2.45, 2.75) is 25.4 Å². The second-order valence-electron chi connectivity index (χ2n) is 6.20. The van der Waals surface area contributed by atoms with Gasteiger partial charge in [-0.3, -0.25) is 9.59 Å². The number of carbonyl (C=O) groups is 2. The molecule has 4 nitrogen and oxygen atoms in total. The smallest absolute Gasteiger partial charge is 0.264 e. The minimum absolute atomic E-state index is 0.191. The summed E-state index contributed by atoms with van der Waals surface area (Å²) in [5.41, 5.74) is -0.655. The van der Waals surface area contributed by atoms with Gasteiger partial charge in [-0.25, -0.2) is 0 Å². The number of anilines is 1. The van der Waals surface area contributed by atoms with E-state index < -0.39 is 23.7 Å². The van der Waals surface area contributed by atoms with Crippen LogP contribution in [-0.2, 0) is 10.4 Å². The summed E-state index contributed by atoms with van der Waals surface area (Å²) in [5, 5.41) is 11.8. The zero-order valence-electron chi connectivity index (χ0n) is 13.9. The minimum atomic E-state index is -1.92. The highest BCUT2D eigenvalue weighted by Gasteiger charge is 2.50. The largest absolute Gasteiger partial charge is 0.375 e. The van der Waals surface area contributed by atoms with Crippen LogP contribution in [0.25, 0.3) is 0 Å². The SMILES string of the molecule is CCCN1C(=O)[C@](O)(CC(=O)c2ccc(Cl)cc2Cl)c2cc(Br)ccc21. The van der Waals surface area contributed by atoms with Crippen molar-refractivity contribution in [2.75, 3.05) is 11.4 Å². The topological polar surface area (TPSA) is 57.6 Å². The number of fused-ring (bicyclic) bond motifs is 1. The van der Waals surface area contributed by atoms with Crippen molar-refractivity contribution in [2.24, 2.45) is 0 Å². The van der Waals surface area contributed by atoms with Crippen molar-refractivity contribution in [1.82, 2.24) is 0 Å². The Kier molecular flexibility index (Phi) is 5.45. The third-order valence-electron chi connectivity index (χ3n) is 4.39. The molecule has 2 aromatic carbocycles. The standard InChI is InChI=1S/C19H16BrCl2NO3/c1-2-7-23-16-6-3-11(20)8-14(16)19(26,18(23)25)10-17(24)13-5-4-12(21)9-15(13)22/h3-6,8-9,26H,2,7,10H2,1H3/t19-/m0/s1. The van der Waals surface area contributed by atoms with E-state index >= 15 is 0 Å². The van der Waals surface area contributed by atoms with Gasteiger partial charge in [-0.2, -0.15) is 0 Å². The van der Waals surface area contributed by atoms with Crippen LogP contribution in [-0.4, -0.2) is 23.3 Å². The lowest BCUT2D eigenvalue weighted by molar-refractivity contribution is -0.135. The van der Waals surface area contributed by atoms with E-state index in [9.17, 15) is 14.7 Å². The molecule has 1 aliphatic heterocycles. The molecule has 1 aliphatic rings. The molecule has 0 aliphatic carbocycles. The van der Waals surface area contributed by atoms with Crippen molar-refractivity contribution in [3.8, 4) is 0 Å². The van der Waals surface area contributed by atoms with Crippen LogP contribution < -0.4 is 4.90 Å². The van der Waals surface area contributed by atoms with E-state index in [0.717, 1.165) is 10.9 Å². The third-order valence-corrected chi connectivity index (χ3v) is 5.43. The lowest BCUT2D eigenvalue weighted by atomic mass is 9.88. The molecule has 1 heterocycles. The maximum Gasteiger partial charge on any atom is 0.264 e. The average Bonchev–Trinajstić information content (AvgIpc) is 2.77. The number of hydrogen-bond donors (Lipinski definition) is 1. The molecule has 0 spiro atoms. The molecule has 1 atom stereocenters. The van der Waals surface area contributed by atoms with Crippen molar-refractivity contribution in [3.05, 3.63) is 62.0 Å². The highest BCUT2D eigenvalue weighted by atomic mass is 79.9. The van der Waals surface area contributed by atoms with Crippen molar-refractivity contribution < 1.29 is 14.7 Å². The van der Waals surface area contributed by atoms with Gasteiger partial charge in [0.05, 0.1) is 17.1 Å². The fraction of sp³-hybridized carbons (Fsp3) is 0.263. The maximum atomic E-state index is 12.9. The first-order valence-corrected chi connectivity index (χ1v) is 9.65. The van der Waals surface area contributed by atoms with E-state index in [2.05, 4.69) is 15.9 Å². The Morgan fingerprint density at radius 1 is 1.23 bits per heavy atom. The van der Waals surface area contributed by atoms with Crippen LogP contribution in [0.4, 0.5) is 5.69 Å². The van der Waals surface area contributed by atoms with Gasteiger partial charge in [0, 0.05) is 27.2 Å². The van der Waals surface area contributed by atoms with Gasteiger partial charge in [-0.15, -0.1) is 0 Å². The Bertz CT molecular complexity index is 902. The molecule has 1 amide bonds. The molecule has 0 bridgehead atoms. The lowest BCUT2D eigenvalue weighted by Crippen LogP contribution is -2.42. The Morgan fingerprint density at radius 3 is 2.62 bits per heavy atom. The molecule has 0 unspecified atom stereocenters. The number of halogens is 3. The molecular formula is C19H16BrCl2NO3. The average molecular weight is 457 g/mol. The molecule has 2 aromatic rings. The quantitative estimate of drug-likeness (QED) is 0.646. The van der Waals surface area contributed by atoms with Crippen LogP contribution in [0, 0.1) is 0 Å². The molecule has 7 heteroatoms. The van der Waals surface area contributed by atoms with E-state index in [-0.39, 0.29) is 10.6 Å². The second kappa shape index (κ2) is 7.31. The van der Waals surface area contributed by atoms with Gasteiger partial charge in [0.2, 0.25) is 0 Å². The Balaban J connectivity index is 2.02. The number of carbonyl (C=O) groups excluding carboxylic acids is 2. The molecule has 136 valence electrons. The summed E-state index contributed by atoms with van der Waals surface area (Å²) in [6, 6.07) is 9.77. The van der Waals surface area contributed by atoms with Gasteiger partial charge < -0.3 is 10.0 Å². The van der Waals surface area contributed by atoms with Gasteiger partial charge in [0.25, 0.3) is 5.91 Å². The Morgan fingerprint density at radius 2 is 1.96 bits per heavy atom. The monoisotopic (exact) mass is 455 g/mol. The molecular weight excluding hydrogens is 441 g/mol. The van der Waals surface area contributed by atoms with E-state index in [4.69, 9.17) is 23.2 Å². The van der Waals surface area contributed by atoms with E-state index in [1.807, 2.05) is 6.92 Å². The zero-order chi connectivity index (χ0) is 19.1. The fourth-order valence-electron chi connectivity index (χ4n) is 3.18. The van der Waals surface area contributed by atoms with Gasteiger partial charge in [0.1, 0.15) is 0 Å². The van der Waals surface area contributed by atoms with Crippen LogP contribution in [0.2, 0.25) is 10.0 Å². The van der Waals surface area contributed by atoms with Crippen LogP contribution in [0.3, 0.4) is 0 Å². The summed E-state index contributed by atoms with van der Waals surface area (Å²) in [7, 11) is 0. The number of amides is 1. The number of benzene rings is 2. The highest BCUT2D eigenvalue weighted by molar-refractivity contribution is 9.10. The number of aliphatic hydroxyl groups is 1. The summed E-state index contributed by atoms with van der Waals surface area (Å²) < 4.78 is 0.720. The summed E-state index contributed by atoms with van der Waals surface area (Å²) in [6.45, 7) is 2.41. The van der Waals surface area contributed by atoms with E-state index in [1.165, 1.54) is 17.0 Å². The number of nitrogens with zero attached hydrogens (tertiary/aromatic N) is 1. The molecule has 26 heavy (non-hydrogen) atoms. The van der Waals surface area contributed by atoms with Crippen molar-refractivity contribution in [3.63, 3.8) is 0 Å². The first-order chi connectivity index (χ1) is 12.3. The number of hydrogen-bond acceptors (Lipinski definition) is 3. The molecule has 0 saturated carbocycles. The fourth-order valence-corrected chi connectivity index (χ4v) is 4.06. The molecule has 0 aromatic heterocycles. The van der Waals surface area contributed by atoms with E-state index in [0.29, 0.717) is 22.8 Å². The van der Waals surface area contributed by atoms with Crippen molar-refractivity contribution >= 4 is 56.5 Å². The summed E-state index contributed by atoms with van der Waals surface area (Å²) in [4.78, 5) is 27.2. The molecule has 1 N–H and O–H groups in total. The van der Waals surface area contributed by atoms with Crippen LogP contribution in [0.5, 0.6) is 0 Å². The van der Waals surface area contributed by atoms with Crippen LogP contribution in [0.15, 0.2) is 40.9 Å². The van der Waals surface area contributed by atoms with Gasteiger partial charge in [-0.05, 0) is 42.8 Å². The summed E-state index contributed by atoms with van der Waals surface area (Å²) >= 11 is 15.3. The summed E-state index contributed by atoms with van der Waals surface area (Å²) in [6.07, 6.45) is 0.338. The minimum Gasteiger partial charge on any atom is -0.375 e. The number of ketones is 1. The van der Waals surface area contributed by atoms with Gasteiger partial charge in [-0.1, -0.05) is 46.1 Å². The normalized spacial score (nSPS) is 19.0. The van der Waals surface area contributed by atoms with Gasteiger partial charge >= 0.3 is 0 Å². The van der Waals surface area contributed by atoms with Crippen molar-refractivity contribution in [1.29, 1.82) is 0 Å². The van der Waals surface area contributed by atoms with Crippen LogP contribution >= 0.6 is 39.1 Å². The molecule has 0 fully saturated rings. The first kappa shape index (κ1) is 19.4. The maximum absolute atomic E-state index is 12.9. The second-order valence-corrected chi connectivity index (χ2v) is 7.96. The third kappa shape index (κ3) is 3.29. The number of rotatable bonds is 5.